The topological polar surface area (TPSA) is 87.7 Å². The molecular weight excluding hydrogens is 486 g/mol. The molecule has 5 rings (SSSR count). The average Bonchev–Trinajstić information content (AvgIpc) is 3.58. The molecule has 7 nitrogen and oxygen atoms in total. The van der Waals surface area contributed by atoms with Gasteiger partial charge in [0.05, 0.1) is 23.1 Å². The predicted molar refractivity (Wildman–Crippen MR) is 144 cm³/mol. The molecule has 0 aliphatic carbocycles. The van der Waals surface area contributed by atoms with Gasteiger partial charge in [-0.1, -0.05) is 54.6 Å². The summed E-state index contributed by atoms with van der Waals surface area (Å²) in [5.74, 6) is -0.00806. The van der Waals surface area contributed by atoms with Crippen LogP contribution in [0.25, 0.3) is 0 Å². The minimum atomic E-state index is -0.304. The number of benzene rings is 3. The van der Waals surface area contributed by atoms with Crippen LogP contribution in [0.1, 0.15) is 50.1 Å². The van der Waals surface area contributed by atoms with Crippen molar-refractivity contribution < 1.29 is 19.1 Å². The summed E-state index contributed by atoms with van der Waals surface area (Å²) in [5.41, 5.74) is 3.38. The fourth-order valence-electron chi connectivity index (χ4n) is 4.57. The SMILES string of the molecule is O=C(Nc1ccccc1C(=O)NC[C@H]1CCCO1)c1ccc([C@H]2SCC(=O)N2Cc2ccccc2)cc1. The summed E-state index contributed by atoms with van der Waals surface area (Å²) in [6.07, 6.45) is 1.99. The number of anilines is 1. The number of thioether (sulfide) groups is 1. The van der Waals surface area contributed by atoms with Gasteiger partial charge in [0.2, 0.25) is 5.91 Å². The van der Waals surface area contributed by atoms with E-state index in [2.05, 4.69) is 10.6 Å². The number of nitrogens with zero attached hydrogens (tertiary/aromatic N) is 1. The highest BCUT2D eigenvalue weighted by atomic mass is 32.2. The molecule has 2 aliphatic heterocycles. The van der Waals surface area contributed by atoms with E-state index >= 15 is 0 Å². The average molecular weight is 516 g/mol. The molecule has 3 aromatic rings. The van der Waals surface area contributed by atoms with Crippen LogP contribution in [0.4, 0.5) is 5.69 Å². The van der Waals surface area contributed by atoms with Crippen LogP contribution in [-0.4, -0.2) is 47.6 Å². The highest BCUT2D eigenvalue weighted by molar-refractivity contribution is 8.00. The molecule has 0 saturated carbocycles. The molecule has 0 radical (unpaired) electrons. The molecule has 0 bridgehead atoms. The van der Waals surface area contributed by atoms with Crippen LogP contribution >= 0.6 is 11.8 Å². The summed E-state index contributed by atoms with van der Waals surface area (Å²) in [5, 5.41) is 5.68. The third-order valence-corrected chi connectivity index (χ3v) is 7.81. The number of hydrogen-bond donors (Lipinski definition) is 2. The van der Waals surface area contributed by atoms with Crippen LogP contribution in [0, 0.1) is 0 Å². The number of ether oxygens (including phenoxy) is 1. The number of carbonyl (C=O) groups is 3. The van der Waals surface area contributed by atoms with Gasteiger partial charge in [0.1, 0.15) is 5.37 Å². The second-order valence-corrected chi connectivity index (χ2v) is 10.2. The molecule has 2 N–H and O–H groups in total. The third-order valence-electron chi connectivity index (χ3n) is 6.56. The van der Waals surface area contributed by atoms with E-state index in [9.17, 15) is 14.4 Å². The van der Waals surface area contributed by atoms with E-state index in [1.54, 1.807) is 48.2 Å². The lowest BCUT2D eigenvalue weighted by atomic mass is 10.1. The predicted octanol–water partition coefficient (Wildman–Crippen LogP) is 4.62. The van der Waals surface area contributed by atoms with Gasteiger partial charge < -0.3 is 20.3 Å². The van der Waals surface area contributed by atoms with Gasteiger partial charge >= 0.3 is 0 Å². The Kier molecular flexibility index (Phi) is 7.87. The summed E-state index contributed by atoms with van der Waals surface area (Å²) in [7, 11) is 0. The van der Waals surface area contributed by atoms with Gasteiger partial charge in [-0.05, 0) is 48.2 Å². The third kappa shape index (κ3) is 6.03. The maximum atomic E-state index is 13.0. The van der Waals surface area contributed by atoms with Gasteiger partial charge in [-0.2, -0.15) is 0 Å². The summed E-state index contributed by atoms with van der Waals surface area (Å²) in [6, 6.07) is 24.2. The molecule has 3 aromatic carbocycles. The molecule has 190 valence electrons. The standard InChI is InChI=1S/C29H29N3O4S/c33-26-19-37-29(32(26)18-20-7-2-1-3-8-20)22-14-12-21(13-15-22)27(34)31-25-11-5-4-10-24(25)28(35)30-17-23-9-6-16-36-23/h1-5,7-8,10-15,23,29H,6,9,16-19H2,(H,30,35)(H,31,34)/t23-,29-/m1/s1. The van der Waals surface area contributed by atoms with E-state index in [4.69, 9.17) is 4.74 Å². The lowest BCUT2D eigenvalue weighted by Crippen LogP contribution is -2.32. The van der Waals surface area contributed by atoms with Gasteiger partial charge in [0.25, 0.3) is 11.8 Å². The number of hydrogen-bond acceptors (Lipinski definition) is 5. The fourth-order valence-corrected chi connectivity index (χ4v) is 5.76. The molecular formula is C29H29N3O4S. The summed E-state index contributed by atoms with van der Waals surface area (Å²) < 4.78 is 5.57. The van der Waals surface area contributed by atoms with Gasteiger partial charge in [-0.25, -0.2) is 0 Å². The highest BCUT2D eigenvalue weighted by Crippen LogP contribution is 2.39. The first-order valence-corrected chi connectivity index (χ1v) is 13.5. The minimum Gasteiger partial charge on any atom is -0.376 e. The maximum Gasteiger partial charge on any atom is 0.255 e. The second kappa shape index (κ2) is 11.6. The van der Waals surface area contributed by atoms with Crippen molar-refractivity contribution >= 4 is 35.2 Å². The van der Waals surface area contributed by atoms with E-state index < -0.39 is 0 Å². The van der Waals surface area contributed by atoms with Gasteiger partial charge in [0, 0.05) is 25.3 Å². The second-order valence-electron chi connectivity index (χ2n) is 9.14. The molecule has 3 amide bonds. The molecule has 37 heavy (non-hydrogen) atoms. The number of carbonyl (C=O) groups excluding carboxylic acids is 3. The van der Waals surface area contributed by atoms with Crippen LogP contribution < -0.4 is 10.6 Å². The van der Waals surface area contributed by atoms with Crippen molar-refractivity contribution in [2.75, 3.05) is 24.2 Å². The quantitative estimate of drug-likeness (QED) is 0.457. The maximum absolute atomic E-state index is 13.0. The zero-order valence-electron chi connectivity index (χ0n) is 20.4. The molecule has 2 aliphatic rings. The zero-order chi connectivity index (χ0) is 25.6. The van der Waals surface area contributed by atoms with Crippen molar-refractivity contribution in [2.45, 2.75) is 30.9 Å². The number of amides is 3. The van der Waals surface area contributed by atoms with E-state index in [1.165, 1.54) is 0 Å². The van der Waals surface area contributed by atoms with Crippen molar-refractivity contribution in [3.05, 3.63) is 101 Å². The normalized spacial score (nSPS) is 19.1. The van der Waals surface area contributed by atoms with Gasteiger partial charge in [-0.3, -0.25) is 14.4 Å². The summed E-state index contributed by atoms with van der Waals surface area (Å²) >= 11 is 1.59. The fraction of sp³-hybridized carbons (Fsp3) is 0.276. The van der Waals surface area contributed by atoms with E-state index in [-0.39, 0.29) is 29.2 Å². The Morgan fingerprint density at radius 2 is 1.70 bits per heavy atom. The first-order chi connectivity index (χ1) is 18.1. The van der Waals surface area contributed by atoms with Crippen LogP contribution in [-0.2, 0) is 16.1 Å². The molecule has 2 heterocycles. The smallest absolute Gasteiger partial charge is 0.255 e. The van der Waals surface area contributed by atoms with Crippen molar-refractivity contribution in [2.24, 2.45) is 0 Å². The van der Waals surface area contributed by atoms with Crippen molar-refractivity contribution in [3.63, 3.8) is 0 Å². The number of para-hydroxylation sites is 1. The van der Waals surface area contributed by atoms with Gasteiger partial charge in [0.15, 0.2) is 0 Å². The van der Waals surface area contributed by atoms with Crippen LogP contribution in [0.5, 0.6) is 0 Å². The summed E-state index contributed by atoms with van der Waals surface area (Å²) in [6.45, 7) is 1.73. The Balaban J connectivity index is 1.24. The number of nitrogens with one attached hydrogen (secondary N) is 2. The molecule has 0 spiro atoms. The van der Waals surface area contributed by atoms with E-state index in [0.29, 0.717) is 35.7 Å². The molecule has 2 atom stereocenters. The monoisotopic (exact) mass is 515 g/mol. The molecule has 0 unspecified atom stereocenters. The largest absolute Gasteiger partial charge is 0.376 e. The lowest BCUT2D eigenvalue weighted by molar-refractivity contribution is -0.128. The van der Waals surface area contributed by atoms with E-state index in [1.807, 2.05) is 47.4 Å². The Morgan fingerprint density at radius 3 is 2.46 bits per heavy atom. The van der Waals surface area contributed by atoms with Crippen molar-refractivity contribution in [1.82, 2.24) is 10.2 Å². The van der Waals surface area contributed by atoms with Crippen LogP contribution in [0.15, 0.2) is 78.9 Å². The Labute approximate surface area is 220 Å². The first kappa shape index (κ1) is 25.0. The molecule has 2 saturated heterocycles. The minimum absolute atomic E-state index is 0.0427. The Hall–Kier alpha value is -3.62. The molecule has 0 aromatic heterocycles. The van der Waals surface area contributed by atoms with Crippen LogP contribution in [0.2, 0.25) is 0 Å². The molecule has 2 fully saturated rings. The first-order valence-electron chi connectivity index (χ1n) is 12.4. The molecule has 8 heteroatoms. The number of rotatable bonds is 8. The zero-order valence-corrected chi connectivity index (χ0v) is 21.2. The van der Waals surface area contributed by atoms with E-state index in [0.717, 1.165) is 30.6 Å². The lowest BCUT2D eigenvalue weighted by Gasteiger charge is -2.24. The van der Waals surface area contributed by atoms with Crippen molar-refractivity contribution in [1.29, 1.82) is 0 Å². The summed E-state index contributed by atoms with van der Waals surface area (Å²) in [4.78, 5) is 40.2. The Bertz CT molecular complexity index is 1260. The van der Waals surface area contributed by atoms with Gasteiger partial charge in [-0.15, -0.1) is 11.8 Å². The highest BCUT2D eigenvalue weighted by Gasteiger charge is 2.32. The Morgan fingerprint density at radius 1 is 0.946 bits per heavy atom. The van der Waals surface area contributed by atoms with Crippen LogP contribution in [0.3, 0.4) is 0 Å². The van der Waals surface area contributed by atoms with Crippen molar-refractivity contribution in [3.8, 4) is 0 Å².